The molecule has 218 valence electrons. The van der Waals surface area contributed by atoms with Crippen molar-refractivity contribution in [1.29, 1.82) is 0 Å². The van der Waals surface area contributed by atoms with Gasteiger partial charge in [-0.15, -0.1) is 0 Å². The molecule has 0 bridgehead atoms. The predicted octanol–water partition coefficient (Wildman–Crippen LogP) is 11.4. The molecule has 0 saturated heterocycles. The lowest BCUT2D eigenvalue weighted by atomic mass is 9.95. The first-order chi connectivity index (χ1) is 23.3. The Morgan fingerprint density at radius 1 is 0.362 bits per heavy atom. The van der Waals surface area contributed by atoms with Crippen LogP contribution in [0, 0.1) is 0 Å². The van der Waals surface area contributed by atoms with E-state index in [9.17, 15) is 0 Å². The molecular weight excluding hydrogens is 574 g/mol. The first-order valence-electron chi connectivity index (χ1n) is 15.8. The Hall–Kier alpha value is -6.39. The molecule has 0 N–H and O–H groups in total. The molecule has 2 aromatic heterocycles. The Morgan fingerprint density at radius 2 is 0.957 bits per heavy atom. The van der Waals surface area contributed by atoms with Gasteiger partial charge >= 0.3 is 0 Å². The first-order valence-corrected chi connectivity index (χ1v) is 15.8. The van der Waals surface area contributed by atoms with Crippen LogP contribution in [0.15, 0.2) is 156 Å². The average molecular weight is 600 g/mol. The second kappa shape index (κ2) is 10.1. The first kappa shape index (κ1) is 25.9. The van der Waals surface area contributed by atoms with E-state index in [4.69, 9.17) is 19.4 Å². The number of rotatable bonds is 3. The third-order valence-corrected chi connectivity index (χ3v) is 9.23. The molecule has 0 spiro atoms. The van der Waals surface area contributed by atoms with Crippen molar-refractivity contribution in [3.8, 4) is 34.2 Å². The van der Waals surface area contributed by atoms with Crippen LogP contribution in [0.25, 0.3) is 99.2 Å². The molecule has 0 radical (unpaired) electrons. The minimum atomic E-state index is 0.609. The Morgan fingerprint density at radius 3 is 1.77 bits per heavy atom. The van der Waals surface area contributed by atoms with Crippen LogP contribution in [0.2, 0.25) is 0 Å². The van der Waals surface area contributed by atoms with Crippen molar-refractivity contribution in [2.24, 2.45) is 0 Å². The van der Waals surface area contributed by atoms with Gasteiger partial charge in [0.15, 0.2) is 17.5 Å². The lowest BCUT2D eigenvalue weighted by Gasteiger charge is -2.12. The molecule has 0 aliphatic heterocycles. The van der Waals surface area contributed by atoms with E-state index in [1.54, 1.807) is 0 Å². The number of fused-ring (bicyclic) bond motifs is 9. The highest BCUT2D eigenvalue weighted by Crippen LogP contribution is 2.44. The van der Waals surface area contributed by atoms with E-state index in [2.05, 4.69) is 121 Å². The molecule has 2 heterocycles. The summed E-state index contributed by atoms with van der Waals surface area (Å²) in [4.78, 5) is 15.4. The third kappa shape index (κ3) is 4.12. The van der Waals surface area contributed by atoms with Crippen molar-refractivity contribution in [3.05, 3.63) is 152 Å². The predicted molar refractivity (Wildman–Crippen MR) is 193 cm³/mol. The topological polar surface area (TPSA) is 51.8 Å². The van der Waals surface area contributed by atoms with Gasteiger partial charge in [-0.25, -0.2) is 15.0 Å². The van der Waals surface area contributed by atoms with Gasteiger partial charge in [-0.3, -0.25) is 0 Å². The Bertz CT molecular complexity index is 2850. The zero-order valence-electron chi connectivity index (χ0n) is 25.2. The summed E-state index contributed by atoms with van der Waals surface area (Å²) < 4.78 is 6.85. The van der Waals surface area contributed by atoms with Crippen LogP contribution in [-0.4, -0.2) is 15.0 Å². The molecule has 10 rings (SSSR count). The minimum Gasteiger partial charge on any atom is -0.455 e. The summed E-state index contributed by atoms with van der Waals surface area (Å²) in [5.41, 5.74) is 4.47. The zero-order chi connectivity index (χ0) is 30.9. The quantitative estimate of drug-likeness (QED) is 0.190. The van der Waals surface area contributed by atoms with Crippen molar-refractivity contribution >= 4 is 65.0 Å². The summed E-state index contributed by atoms with van der Waals surface area (Å²) in [5.74, 6) is 1.87. The average Bonchev–Trinajstić information content (AvgIpc) is 3.51. The van der Waals surface area contributed by atoms with Crippen LogP contribution >= 0.6 is 0 Å². The SMILES string of the molecule is c1ccc(-c2nc(-c3ccc4ccccc4c3)nc(-c3cc4ccc5ccccc5c4c4oc5cc6ccccc6cc5c34)n2)cc1. The van der Waals surface area contributed by atoms with E-state index in [0.29, 0.717) is 17.5 Å². The van der Waals surface area contributed by atoms with Gasteiger partial charge in [0.25, 0.3) is 0 Å². The van der Waals surface area contributed by atoms with E-state index >= 15 is 0 Å². The molecule has 0 unspecified atom stereocenters. The molecule has 0 fully saturated rings. The maximum absolute atomic E-state index is 6.85. The molecule has 0 aliphatic carbocycles. The summed E-state index contributed by atoms with van der Waals surface area (Å²) in [7, 11) is 0. The number of hydrogen-bond acceptors (Lipinski definition) is 4. The van der Waals surface area contributed by atoms with Crippen molar-refractivity contribution in [2.75, 3.05) is 0 Å². The van der Waals surface area contributed by atoms with Gasteiger partial charge in [-0.1, -0.05) is 127 Å². The van der Waals surface area contributed by atoms with Crippen LogP contribution in [0.4, 0.5) is 0 Å². The van der Waals surface area contributed by atoms with Crippen molar-refractivity contribution in [1.82, 2.24) is 15.0 Å². The highest BCUT2D eigenvalue weighted by molar-refractivity contribution is 6.27. The molecule has 0 aliphatic rings. The van der Waals surface area contributed by atoms with Crippen LogP contribution in [0.5, 0.6) is 0 Å². The summed E-state index contributed by atoms with van der Waals surface area (Å²) in [5, 5.41) is 11.1. The van der Waals surface area contributed by atoms with Crippen LogP contribution in [-0.2, 0) is 0 Å². The fraction of sp³-hybridized carbons (Fsp3) is 0. The second-order valence-corrected chi connectivity index (χ2v) is 12.0. The van der Waals surface area contributed by atoms with Gasteiger partial charge in [0.05, 0.1) is 0 Å². The third-order valence-electron chi connectivity index (χ3n) is 9.23. The number of hydrogen-bond donors (Lipinski definition) is 0. The monoisotopic (exact) mass is 599 g/mol. The number of nitrogens with zero attached hydrogens (tertiary/aromatic N) is 3. The number of benzene rings is 8. The molecule has 4 nitrogen and oxygen atoms in total. The van der Waals surface area contributed by atoms with E-state index in [1.165, 1.54) is 10.8 Å². The van der Waals surface area contributed by atoms with Crippen LogP contribution in [0.3, 0.4) is 0 Å². The standard InChI is InChI=1S/C43H25N3O/c1-2-12-28(13-3-1)41-44-42(33-21-18-26-10-4-5-14-29(26)22-33)46-43(45-41)36-24-32-20-19-27-11-8-9-17-34(27)38(32)40-39(36)35-23-30-15-6-7-16-31(30)25-37(35)47-40/h1-25H. The molecule has 0 atom stereocenters. The van der Waals surface area contributed by atoms with E-state index in [-0.39, 0.29) is 0 Å². The van der Waals surface area contributed by atoms with E-state index in [1.807, 2.05) is 30.3 Å². The fourth-order valence-electron chi connectivity index (χ4n) is 6.96. The summed E-state index contributed by atoms with van der Waals surface area (Å²) in [6, 6.07) is 52.8. The summed E-state index contributed by atoms with van der Waals surface area (Å²) >= 11 is 0. The molecule has 10 aromatic rings. The fourth-order valence-corrected chi connectivity index (χ4v) is 6.96. The van der Waals surface area contributed by atoms with Gasteiger partial charge in [0.2, 0.25) is 0 Å². The second-order valence-electron chi connectivity index (χ2n) is 12.0. The Kier molecular flexibility index (Phi) is 5.54. The van der Waals surface area contributed by atoms with Crippen LogP contribution in [0.1, 0.15) is 0 Å². The summed E-state index contributed by atoms with van der Waals surface area (Å²) in [6.07, 6.45) is 0. The lowest BCUT2D eigenvalue weighted by Crippen LogP contribution is -2.00. The molecule has 4 heteroatoms. The van der Waals surface area contributed by atoms with Gasteiger partial charge in [0, 0.05) is 32.8 Å². The van der Waals surface area contributed by atoms with Gasteiger partial charge < -0.3 is 4.42 Å². The number of furan rings is 1. The highest BCUT2D eigenvalue weighted by Gasteiger charge is 2.22. The highest BCUT2D eigenvalue weighted by atomic mass is 16.3. The minimum absolute atomic E-state index is 0.609. The molecule has 47 heavy (non-hydrogen) atoms. The molecule has 8 aromatic carbocycles. The van der Waals surface area contributed by atoms with E-state index < -0.39 is 0 Å². The van der Waals surface area contributed by atoms with Crippen molar-refractivity contribution in [3.63, 3.8) is 0 Å². The molecule has 0 saturated carbocycles. The maximum Gasteiger partial charge on any atom is 0.164 e. The van der Waals surface area contributed by atoms with Crippen LogP contribution < -0.4 is 0 Å². The van der Waals surface area contributed by atoms with Gasteiger partial charge in [-0.05, 0) is 62.0 Å². The largest absolute Gasteiger partial charge is 0.455 e. The van der Waals surface area contributed by atoms with Crippen molar-refractivity contribution < 1.29 is 4.42 Å². The molecule has 0 amide bonds. The van der Waals surface area contributed by atoms with E-state index in [0.717, 1.165) is 70.9 Å². The van der Waals surface area contributed by atoms with Crippen molar-refractivity contribution in [2.45, 2.75) is 0 Å². The number of aromatic nitrogens is 3. The smallest absolute Gasteiger partial charge is 0.164 e. The summed E-state index contributed by atoms with van der Waals surface area (Å²) in [6.45, 7) is 0. The zero-order valence-corrected chi connectivity index (χ0v) is 25.2. The molecular formula is C43H25N3O. The van der Waals surface area contributed by atoms with Gasteiger partial charge in [0.1, 0.15) is 11.2 Å². The Labute approximate surface area is 269 Å². The normalized spacial score (nSPS) is 11.8. The lowest BCUT2D eigenvalue weighted by molar-refractivity contribution is 0.673. The van der Waals surface area contributed by atoms with Gasteiger partial charge in [-0.2, -0.15) is 0 Å². The Balaban J connectivity index is 1.34. The maximum atomic E-state index is 6.85.